The van der Waals surface area contributed by atoms with Crippen LogP contribution in [0.3, 0.4) is 0 Å². The van der Waals surface area contributed by atoms with Crippen LogP contribution >= 0.6 is 22.9 Å². The van der Waals surface area contributed by atoms with Crippen LogP contribution in [-0.4, -0.2) is 41.0 Å². The number of hydrogen-bond acceptors (Lipinski definition) is 7. The van der Waals surface area contributed by atoms with Crippen molar-refractivity contribution in [2.24, 2.45) is 0 Å². The Kier molecular flexibility index (Phi) is 4.94. The highest BCUT2D eigenvalue weighted by atomic mass is 35.5. The maximum atomic E-state index is 10.9. The largest absolute Gasteiger partial charge is 0.354 e. The van der Waals surface area contributed by atoms with Crippen molar-refractivity contribution < 1.29 is 4.92 Å². The van der Waals surface area contributed by atoms with Gasteiger partial charge in [0.25, 0.3) is 0 Å². The first kappa shape index (κ1) is 16.6. The molecule has 9 heteroatoms. The van der Waals surface area contributed by atoms with E-state index in [4.69, 9.17) is 16.9 Å². The minimum Gasteiger partial charge on any atom is -0.354 e. The van der Waals surface area contributed by atoms with Gasteiger partial charge in [0.1, 0.15) is 11.9 Å². The van der Waals surface area contributed by atoms with Crippen molar-refractivity contribution in [1.29, 1.82) is 5.26 Å². The Balaban J connectivity index is 1.64. The fourth-order valence-electron chi connectivity index (χ4n) is 2.64. The smallest absolute Gasteiger partial charge is 0.305 e. The van der Waals surface area contributed by atoms with Crippen molar-refractivity contribution in [3.8, 4) is 6.07 Å². The van der Waals surface area contributed by atoms with Gasteiger partial charge in [0.05, 0.1) is 9.26 Å². The average molecular weight is 364 g/mol. The highest BCUT2D eigenvalue weighted by molar-refractivity contribution is 7.16. The predicted octanol–water partition coefficient (Wildman–Crippen LogP) is 2.90. The summed E-state index contributed by atoms with van der Waals surface area (Å²) in [5, 5.41) is 19.9. The van der Waals surface area contributed by atoms with E-state index in [1.54, 1.807) is 23.5 Å². The Morgan fingerprint density at radius 1 is 1.29 bits per heavy atom. The zero-order valence-electron chi connectivity index (χ0n) is 12.7. The van der Waals surface area contributed by atoms with Crippen molar-refractivity contribution >= 4 is 34.4 Å². The standard InChI is InChI=1S/C15H14ClN5O2S/c16-14-3-1-11(24-14)10-19-5-7-20(8-6-19)15-4-2-13(21(22)23)12(9-17)18-15/h1-4H,5-8,10H2. The molecule has 0 atom stereocenters. The number of thiophene rings is 1. The van der Waals surface area contributed by atoms with Crippen LogP contribution in [0.4, 0.5) is 11.5 Å². The van der Waals surface area contributed by atoms with Crippen molar-refractivity contribution in [2.45, 2.75) is 6.54 Å². The zero-order valence-corrected chi connectivity index (χ0v) is 14.3. The molecule has 0 N–H and O–H groups in total. The lowest BCUT2D eigenvalue weighted by Gasteiger charge is -2.35. The summed E-state index contributed by atoms with van der Waals surface area (Å²) in [6, 6.07) is 8.70. The lowest BCUT2D eigenvalue weighted by molar-refractivity contribution is -0.385. The molecule has 0 spiro atoms. The van der Waals surface area contributed by atoms with E-state index in [2.05, 4.69) is 9.88 Å². The van der Waals surface area contributed by atoms with Crippen LogP contribution in [0.2, 0.25) is 4.34 Å². The van der Waals surface area contributed by atoms with Gasteiger partial charge in [0.2, 0.25) is 5.69 Å². The molecule has 1 aliphatic rings. The van der Waals surface area contributed by atoms with Crippen molar-refractivity contribution in [1.82, 2.24) is 9.88 Å². The molecular weight excluding hydrogens is 350 g/mol. The van der Waals surface area contributed by atoms with Crippen molar-refractivity contribution in [2.75, 3.05) is 31.1 Å². The third kappa shape index (κ3) is 3.64. The van der Waals surface area contributed by atoms with E-state index >= 15 is 0 Å². The molecule has 0 aromatic carbocycles. The minimum absolute atomic E-state index is 0.145. The van der Waals surface area contributed by atoms with Gasteiger partial charge in [-0.15, -0.1) is 11.3 Å². The van der Waals surface area contributed by atoms with E-state index in [-0.39, 0.29) is 11.4 Å². The number of nitriles is 1. The van der Waals surface area contributed by atoms with Crippen LogP contribution in [0.1, 0.15) is 10.6 Å². The lowest BCUT2D eigenvalue weighted by Crippen LogP contribution is -2.46. The predicted molar refractivity (Wildman–Crippen MR) is 92.4 cm³/mol. The fraction of sp³-hybridized carbons (Fsp3) is 0.333. The molecule has 1 aliphatic heterocycles. The molecule has 124 valence electrons. The van der Waals surface area contributed by atoms with E-state index < -0.39 is 4.92 Å². The van der Waals surface area contributed by atoms with Crippen LogP contribution in [0.5, 0.6) is 0 Å². The van der Waals surface area contributed by atoms with E-state index in [9.17, 15) is 10.1 Å². The molecule has 0 amide bonds. The number of nitrogens with zero attached hydrogens (tertiary/aromatic N) is 5. The second kappa shape index (κ2) is 7.13. The van der Waals surface area contributed by atoms with Crippen molar-refractivity contribution in [3.05, 3.63) is 49.3 Å². The Hall–Kier alpha value is -2.21. The van der Waals surface area contributed by atoms with Crippen LogP contribution in [0.25, 0.3) is 0 Å². The van der Waals surface area contributed by atoms with Crippen molar-refractivity contribution in [3.63, 3.8) is 0 Å². The Morgan fingerprint density at radius 3 is 2.62 bits per heavy atom. The van der Waals surface area contributed by atoms with Crippen LogP contribution < -0.4 is 4.90 Å². The van der Waals surface area contributed by atoms with Gasteiger partial charge in [-0.2, -0.15) is 5.26 Å². The molecule has 7 nitrogen and oxygen atoms in total. The molecule has 24 heavy (non-hydrogen) atoms. The molecule has 1 saturated heterocycles. The van der Waals surface area contributed by atoms with Gasteiger partial charge in [-0.1, -0.05) is 11.6 Å². The topological polar surface area (TPSA) is 86.3 Å². The second-order valence-electron chi connectivity index (χ2n) is 5.38. The summed E-state index contributed by atoms with van der Waals surface area (Å²) in [6.07, 6.45) is 0. The molecule has 3 rings (SSSR count). The molecule has 0 bridgehead atoms. The third-order valence-corrected chi connectivity index (χ3v) is 5.08. The average Bonchev–Trinajstić information content (AvgIpc) is 2.99. The van der Waals surface area contributed by atoms with Crippen LogP contribution in [0.15, 0.2) is 24.3 Å². The fourth-order valence-corrected chi connectivity index (χ4v) is 3.77. The Labute approximate surface area is 147 Å². The summed E-state index contributed by atoms with van der Waals surface area (Å²) in [7, 11) is 0. The summed E-state index contributed by atoms with van der Waals surface area (Å²) in [5.74, 6) is 0.607. The molecule has 0 unspecified atom stereocenters. The van der Waals surface area contributed by atoms with Gasteiger partial charge < -0.3 is 4.90 Å². The summed E-state index contributed by atoms with van der Waals surface area (Å²) in [6.45, 7) is 4.10. The molecular formula is C15H14ClN5O2S. The van der Waals surface area contributed by atoms with Gasteiger partial charge in [-0.3, -0.25) is 15.0 Å². The number of anilines is 1. The first-order valence-electron chi connectivity index (χ1n) is 7.34. The maximum Gasteiger partial charge on any atom is 0.305 e. The first-order valence-corrected chi connectivity index (χ1v) is 8.53. The number of hydrogen-bond donors (Lipinski definition) is 0. The van der Waals surface area contributed by atoms with E-state index in [1.165, 1.54) is 10.9 Å². The summed E-state index contributed by atoms with van der Waals surface area (Å²) >= 11 is 7.54. The highest BCUT2D eigenvalue weighted by Gasteiger charge is 2.22. The number of piperazine rings is 1. The van der Waals surface area contributed by atoms with E-state index in [0.29, 0.717) is 5.82 Å². The summed E-state index contributed by atoms with van der Waals surface area (Å²) in [5.41, 5.74) is -0.400. The van der Waals surface area contributed by atoms with Crippen LogP contribution in [0, 0.1) is 21.4 Å². The molecule has 0 aliphatic carbocycles. The normalized spacial score (nSPS) is 15.2. The summed E-state index contributed by atoms with van der Waals surface area (Å²) < 4.78 is 0.794. The van der Waals surface area contributed by atoms with Gasteiger partial charge in [-0.25, -0.2) is 4.98 Å². The molecule has 2 aromatic heterocycles. The Bertz CT molecular complexity index is 795. The SMILES string of the molecule is N#Cc1nc(N2CCN(Cc3ccc(Cl)s3)CC2)ccc1[N+](=O)[O-]. The molecule has 0 saturated carbocycles. The van der Waals surface area contributed by atoms with E-state index in [0.717, 1.165) is 37.1 Å². The second-order valence-corrected chi connectivity index (χ2v) is 7.17. The maximum absolute atomic E-state index is 10.9. The minimum atomic E-state index is -0.584. The quantitative estimate of drug-likeness (QED) is 0.613. The lowest BCUT2D eigenvalue weighted by atomic mass is 10.2. The molecule has 3 heterocycles. The molecule has 1 fully saturated rings. The van der Waals surface area contributed by atoms with Crippen LogP contribution in [-0.2, 0) is 6.54 Å². The number of rotatable bonds is 4. The third-order valence-electron chi connectivity index (χ3n) is 3.87. The first-order chi connectivity index (χ1) is 11.6. The van der Waals surface area contributed by atoms with Gasteiger partial charge >= 0.3 is 5.69 Å². The number of nitro groups is 1. The zero-order chi connectivity index (χ0) is 17.1. The van der Waals surface area contributed by atoms with E-state index in [1.807, 2.05) is 17.0 Å². The summed E-state index contributed by atoms with van der Waals surface area (Å²) in [4.78, 5) is 20.0. The Morgan fingerprint density at radius 2 is 2.04 bits per heavy atom. The molecule has 2 aromatic rings. The highest BCUT2D eigenvalue weighted by Crippen LogP contribution is 2.24. The van der Waals surface area contributed by atoms with Gasteiger partial charge in [0, 0.05) is 43.7 Å². The number of halogens is 1. The number of pyridine rings is 1. The molecule has 0 radical (unpaired) electrons. The van der Waals surface area contributed by atoms with Gasteiger partial charge in [-0.05, 0) is 18.2 Å². The number of aromatic nitrogens is 1. The van der Waals surface area contributed by atoms with Gasteiger partial charge in [0.15, 0.2) is 0 Å². The monoisotopic (exact) mass is 363 g/mol.